The molecular weight excluding hydrogens is 236 g/mol. The number of ether oxygens (including phenoxy) is 1. The van der Waals surface area contributed by atoms with Crippen molar-refractivity contribution in [1.29, 1.82) is 5.26 Å². The van der Waals surface area contributed by atoms with Crippen LogP contribution in [0.4, 0.5) is 0 Å². The van der Waals surface area contributed by atoms with E-state index in [9.17, 15) is 0 Å². The Kier molecular flexibility index (Phi) is 3.52. The lowest BCUT2D eigenvalue weighted by molar-refractivity contribution is 0.101. The molecule has 2 aromatic rings. The maximum atomic E-state index is 9.09. The minimum absolute atomic E-state index is 0.469. The fourth-order valence-corrected chi connectivity index (χ4v) is 2.88. The third-order valence-electron chi connectivity index (χ3n) is 3.88. The number of rotatable bonds is 4. The molecule has 1 fully saturated rings. The van der Waals surface area contributed by atoms with Crippen molar-refractivity contribution in [2.24, 2.45) is 0 Å². The van der Waals surface area contributed by atoms with Gasteiger partial charge in [0.05, 0.1) is 17.7 Å². The van der Waals surface area contributed by atoms with Crippen molar-refractivity contribution in [3.8, 4) is 6.07 Å². The van der Waals surface area contributed by atoms with E-state index in [4.69, 9.17) is 10.00 Å². The third kappa shape index (κ3) is 2.50. The summed E-state index contributed by atoms with van der Waals surface area (Å²) in [4.78, 5) is 0. The zero-order chi connectivity index (χ0) is 13.1. The largest absolute Gasteiger partial charge is 0.378 e. The molecule has 98 valence electrons. The highest BCUT2D eigenvalue weighted by atomic mass is 16.5. The Bertz CT molecular complexity index is 603. The van der Waals surface area contributed by atoms with Gasteiger partial charge < -0.3 is 9.30 Å². The Balaban J connectivity index is 1.69. The summed E-state index contributed by atoms with van der Waals surface area (Å²) in [6, 6.07) is 10.2. The smallest absolute Gasteiger partial charge is 0.0998 e. The SMILES string of the molecule is N#Cc1cccc2c1ccn2CCCC1CCCO1. The van der Waals surface area contributed by atoms with Gasteiger partial charge >= 0.3 is 0 Å². The second-order valence-electron chi connectivity index (χ2n) is 5.14. The first-order chi connectivity index (χ1) is 9.38. The highest BCUT2D eigenvalue weighted by Crippen LogP contribution is 2.21. The Morgan fingerprint density at radius 1 is 1.37 bits per heavy atom. The van der Waals surface area contributed by atoms with Crippen LogP contribution in [-0.2, 0) is 11.3 Å². The van der Waals surface area contributed by atoms with Crippen LogP contribution in [0.3, 0.4) is 0 Å². The fraction of sp³-hybridized carbons (Fsp3) is 0.438. The number of nitriles is 1. The molecule has 19 heavy (non-hydrogen) atoms. The molecule has 2 heterocycles. The van der Waals surface area contributed by atoms with Crippen molar-refractivity contribution >= 4 is 10.9 Å². The number of fused-ring (bicyclic) bond motifs is 1. The van der Waals surface area contributed by atoms with Crippen LogP contribution < -0.4 is 0 Å². The second kappa shape index (κ2) is 5.46. The lowest BCUT2D eigenvalue weighted by atomic mass is 10.1. The van der Waals surface area contributed by atoms with Crippen LogP contribution in [0.2, 0.25) is 0 Å². The molecule has 1 atom stereocenters. The molecule has 0 aliphatic carbocycles. The van der Waals surface area contributed by atoms with Crippen molar-refractivity contribution in [1.82, 2.24) is 4.57 Å². The summed E-state index contributed by atoms with van der Waals surface area (Å²) in [5, 5.41) is 10.1. The van der Waals surface area contributed by atoms with Gasteiger partial charge in [0.15, 0.2) is 0 Å². The molecule has 0 bridgehead atoms. The maximum absolute atomic E-state index is 9.09. The molecule has 1 aromatic carbocycles. The van der Waals surface area contributed by atoms with Crippen molar-refractivity contribution in [2.45, 2.75) is 38.3 Å². The number of hydrogen-bond acceptors (Lipinski definition) is 2. The molecular formula is C16H18N2O. The lowest BCUT2D eigenvalue weighted by Gasteiger charge is -2.10. The van der Waals surface area contributed by atoms with Crippen molar-refractivity contribution in [3.63, 3.8) is 0 Å². The molecule has 1 aliphatic heterocycles. The van der Waals surface area contributed by atoms with Crippen LogP contribution in [0.15, 0.2) is 30.5 Å². The molecule has 1 unspecified atom stereocenters. The highest BCUT2D eigenvalue weighted by Gasteiger charge is 2.14. The van der Waals surface area contributed by atoms with Gasteiger partial charge in [-0.15, -0.1) is 0 Å². The molecule has 0 N–H and O–H groups in total. The third-order valence-corrected chi connectivity index (χ3v) is 3.88. The zero-order valence-corrected chi connectivity index (χ0v) is 11.0. The topological polar surface area (TPSA) is 38.0 Å². The average Bonchev–Trinajstić information content (AvgIpc) is 3.08. The number of nitrogens with zero attached hydrogens (tertiary/aromatic N) is 2. The van der Waals surface area contributed by atoms with Crippen LogP contribution in [0.25, 0.3) is 10.9 Å². The molecule has 3 heteroatoms. The van der Waals surface area contributed by atoms with Crippen molar-refractivity contribution in [2.75, 3.05) is 6.61 Å². The fourth-order valence-electron chi connectivity index (χ4n) is 2.88. The maximum Gasteiger partial charge on any atom is 0.0998 e. The van der Waals surface area contributed by atoms with E-state index in [1.807, 2.05) is 18.2 Å². The monoisotopic (exact) mass is 254 g/mol. The normalized spacial score (nSPS) is 18.8. The molecule has 0 amide bonds. The first-order valence-electron chi connectivity index (χ1n) is 6.98. The van der Waals surface area contributed by atoms with Gasteiger partial charge in [-0.2, -0.15) is 5.26 Å². The molecule has 1 saturated heterocycles. The molecule has 0 radical (unpaired) electrons. The molecule has 3 nitrogen and oxygen atoms in total. The number of aryl methyl sites for hydroxylation is 1. The van der Waals surface area contributed by atoms with Crippen molar-refractivity contribution < 1.29 is 4.74 Å². The number of hydrogen-bond donors (Lipinski definition) is 0. The van der Waals surface area contributed by atoms with E-state index in [1.54, 1.807) is 0 Å². The predicted octanol–water partition coefficient (Wildman–Crippen LogP) is 3.47. The zero-order valence-electron chi connectivity index (χ0n) is 11.0. The van der Waals surface area contributed by atoms with Crippen LogP contribution in [0.1, 0.15) is 31.2 Å². The van der Waals surface area contributed by atoms with Gasteiger partial charge in [0.25, 0.3) is 0 Å². The first-order valence-corrected chi connectivity index (χ1v) is 6.98. The van der Waals surface area contributed by atoms with Gasteiger partial charge in [-0.1, -0.05) is 6.07 Å². The summed E-state index contributed by atoms with van der Waals surface area (Å²) in [5.74, 6) is 0. The number of aromatic nitrogens is 1. The minimum Gasteiger partial charge on any atom is -0.378 e. The molecule has 0 saturated carbocycles. The van der Waals surface area contributed by atoms with Crippen molar-refractivity contribution in [3.05, 3.63) is 36.0 Å². The van der Waals surface area contributed by atoms with Crippen LogP contribution in [0.5, 0.6) is 0 Å². The van der Waals surface area contributed by atoms with E-state index in [0.29, 0.717) is 6.10 Å². The summed E-state index contributed by atoms with van der Waals surface area (Å²) in [7, 11) is 0. The average molecular weight is 254 g/mol. The van der Waals surface area contributed by atoms with Gasteiger partial charge in [-0.05, 0) is 43.9 Å². The van der Waals surface area contributed by atoms with Crippen LogP contribution in [-0.4, -0.2) is 17.3 Å². The van der Waals surface area contributed by atoms with E-state index < -0.39 is 0 Å². The minimum atomic E-state index is 0.469. The molecule has 1 aliphatic rings. The molecule has 0 spiro atoms. The molecule has 3 rings (SSSR count). The Morgan fingerprint density at radius 2 is 2.32 bits per heavy atom. The van der Waals surface area contributed by atoms with Gasteiger partial charge in [-0.25, -0.2) is 0 Å². The van der Waals surface area contributed by atoms with E-state index in [1.165, 1.54) is 12.8 Å². The summed E-state index contributed by atoms with van der Waals surface area (Å²) >= 11 is 0. The summed E-state index contributed by atoms with van der Waals surface area (Å²) in [5.41, 5.74) is 1.92. The summed E-state index contributed by atoms with van der Waals surface area (Å²) in [6.07, 6.45) is 7.24. The Labute approximate surface area is 113 Å². The van der Waals surface area contributed by atoms with Gasteiger partial charge in [0.1, 0.15) is 0 Å². The van der Waals surface area contributed by atoms with Gasteiger partial charge in [0.2, 0.25) is 0 Å². The van der Waals surface area contributed by atoms with Gasteiger partial charge in [0, 0.05) is 30.3 Å². The second-order valence-corrected chi connectivity index (χ2v) is 5.14. The summed E-state index contributed by atoms with van der Waals surface area (Å²) in [6.45, 7) is 1.93. The van der Waals surface area contributed by atoms with E-state index in [0.717, 1.165) is 42.5 Å². The summed E-state index contributed by atoms with van der Waals surface area (Å²) < 4.78 is 7.89. The van der Waals surface area contributed by atoms with Crippen LogP contribution in [0, 0.1) is 11.3 Å². The quantitative estimate of drug-likeness (QED) is 0.837. The van der Waals surface area contributed by atoms with E-state index in [2.05, 4.69) is 22.9 Å². The lowest BCUT2D eigenvalue weighted by Crippen LogP contribution is -2.06. The Hall–Kier alpha value is -1.79. The highest BCUT2D eigenvalue weighted by molar-refractivity contribution is 5.85. The van der Waals surface area contributed by atoms with E-state index in [-0.39, 0.29) is 0 Å². The standard InChI is InChI=1S/C16H18N2O/c17-12-13-4-1-7-16-15(13)8-10-18(16)9-2-5-14-6-3-11-19-14/h1,4,7-8,10,14H,2-3,5-6,9,11H2. The van der Waals surface area contributed by atoms with E-state index >= 15 is 0 Å². The number of benzene rings is 1. The predicted molar refractivity (Wildman–Crippen MR) is 74.9 cm³/mol. The Morgan fingerprint density at radius 3 is 3.11 bits per heavy atom. The molecule has 1 aromatic heterocycles. The van der Waals surface area contributed by atoms with Gasteiger partial charge in [-0.3, -0.25) is 0 Å². The van der Waals surface area contributed by atoms with Crippen LogP contribution >= 0.6 is 0 Å². The first kappa shape index (κ1) is 12.3.